The third-order valence-electron chi connectivity index (χ3n) is 9.73. The van der Waals surface area contributed by atoms with Gasteiger partial charge in [0.05, 0.1) is 31.1 Å². The molecular formula is C32H42NO4S+. The van der Waals surface area contributed by atoms with Gasteiger partial charge in [-0.25, -0.2) is 4.79 Å². The Morgan fingerprint density at radius 3 is 2.03 bits per heavy atom. The molecule has 0 radical (unpaired) electrons. The van der Waals surface area contributed by atoms with Gasteiger partial charge in [-0.05, 0) is 35.6 Å². The maximum atomic E-state index is 14.4. The summed E-state index contributed by atoms with van der Waals surface area (Å²) in [5.74, 6) is 1.84. The SMILES string of the molecule is O=C(OC1CC2CCC(C1)[N+]21CCCC1)C(OCSCC1CCOCC1)(c1ccccc1)c1ccccc1. The summed E-state index contributed by atoms with van der Waals surface area (Å²) in [6.07, 6.45) is 9.39. The third-order valence-corrected chi connectivity index (χ3v) is 10.7. The number of esters is 1. The number of carbonyl (C=O) groups is 1. The van der Waals surface area contributed by atoms with Gasteiger partial charge in [0.25, 0.3) is 0 Å². The lowest BCUT2D eigenvalue weighted by molar-refractivity contribution is -0.956. The maximum Gasteiger partial charge on any atom is 0.348 e. The second-order valence-corrected chi connectivity index (χ2v) is 12.7. The summed E-state index contributed by atoms with van der Waals surface area (Å²) in [7, 11) is 0. The van der Waals surface area contributed by atoms with Gasteiger partial charge < -0.3 is 18.7 Å². The van der Waals surface area contributed by atoms with Crippen LogP contribution in [0, 0.1) is 5.92 Å². The summed E-state index contributed by atoms with van der Waals surface area (Å²) in [4.78, 5) is 14.4. The number of rotatable bonds is 9. The number of ether oxygens (including phenoxy) is 3. The molecule has 0 aliphatic carbocycles. The first-order valence-electron chi connectivity index (χ1n) is 14.7. The smallest absolute Gasteiger partial charge is 0.348 e. The molecule has 4 heterocycles. The third kappa shape index (κ3) is 5.05. The van der Waals surface area contributed by atoms with E-state index in [1.807, 2.05) is 60.7 Å². The highest BCUT2D eigenvalue weighted by molar-refractivity contribution is 7.99. The number of quaternary nitrogens is 1. The zero-order valence-electron chi connectivity index (χ0n) is 22.5. The molecular weight excluding hydrogens is 494 g/mol. The van der Waals surface area contributed by atoms with Crippen LogP contribution >= 0.6 is 11.8 Å². The highest BCUT2D eigenvalue weighted by Crippen LogP contribution is 2.47. The van der Waals surface area contributed by atoms with Crippen molar-refractivity contribution >= 4 is 17.7 Å². The Hall–Kier alpha value is -1.86. The molecule has 4 saturated heterocycles. The Balaban J connectivity index is 1.24. The first kappa shape index (κ1) is 26.4. The van der Waals surface area contributed by atoms with Crippen molar-refractivity contribution in [1.82, 2.24) is 0 Å². The van der Waals surface area contributed by atoms with Crippen LogP contribution in [0.2, 0.25) is 0 Å². The van der Waals surface area contributed by atoms with Crippen LogP contribution in [0.5, 0.6) is 0 Å². The molecule has 2 atom stereocenters. The number of benzene rings is 2. The van der Waals surface area contributed by atoms with Gasteiger partial charge in [0.15, 0.2) is 0 Å². The van der Waals surface area contributed by atoms with Crippen LogP contribution in [-0.4, -0.2) is 66.6 Å². The molecule has 4 fully saturated rings. The number of piperidine rings is 1. The van der Waals surface area contributed by atoms with Gasteiger partial charge in [-0.15, -0.1) is 11.8 Å². The van der Waals surface area contributed by atoms with E-state index in [2.05, 4.69) is 0 Å². The number of hydrogen-bond donors (Lipinski definition) is 0. The molecule has 2 aromatic carbocycles. The van der Waals surface area contributed by atoms with E-state index >= 15 is 0 Å². The van der Waals surface area contributed by atoms with Crippen LogP contribution in [0.3, 0.4) is 0 Å². The summed E-state index contributed by atoms with van der Waals surface area (Å²) in [5.41, 5.74) is 0.399. The minimum Gasteiger partial charge on any atom is -0.459 e. The van der Waals surface area contributed by atoms with E-state index in [9.17, 15) is 4.79 Å². The quantitative estimate of drug-likeness (QED) is 0.173. The van der Waals surface area contributed by atoms with Crippen LogP contribution in [0.4, 0.5) is 0 Å². The Morgan fingerprint density at radius 1 is 0.868 bits per heavy atom. The molecule has 204 valence electrons. The van der Waals surface area contributed by atoms with Crippen molar-refractivity contribution < 1.29 is 23.5 Å². The van der Waals surface area contributed by atoms with E-state index in [4.69, 9.17) is 14.2 Å². The lowest BCUT2D eigenvalue weighted by Crippen LogP contribution is -2.60. The summed E-state index contributed by atoms with van der Waals surface area (Å²) in [6, 6.07) is 21.2. The van der Waals surface area contributed by atoms with Crippen LogP contribution in [0.1, 0.15) is 62.5 Å². The largest absolute Gasteiger partial charge is 0.459 e. The van der Waals surface area contributed by atoms with Crippen LogP contribution in [0.15, 0.2) is 60.7 Å². The molecule has 2 aromatic rings. The molecule has 2 unspecified atom stereocenters. The fourth-order valence-electron chi connectivity index (χ4n) is 7.77. The van der Waals surface area contributed by atoms with Gasteiger partial charge in [0.2, 0.25) is 5.60 Å². The summed E-state index contributed by atoms with van der Waals surface area (Å²) in [6.45, 7) is 4.34. The van der Waals surface area contributed by atoms with E-state index in [0.29, 0.717) is 23.9 Å². The molecule has 0 amide bonds. The molecule has 0 aromatic heterocycles. The average Bonchev–Trinajstić information content (AvgIpc) is 3.51. The number of hydrogen-bond acceptors (Lipinski definition) is 5. The second kappa shape index (κ2) is 11.7. The molecule has 4 aliphatic heterocycles. The minimum absolute atomic E-state index is 0.0327. The Kier molecular flexibility index (Phi) is 8.13. The second-order valence-electron chi connectivity index (χ2n) is 11.7. The number of nitrogens with zero attached hydrogens (tertiary/aromatic N) is 1. The van der Waals surface area contributed by atoms with Gasteiger partial charge in [-0.1, -0.05) is 60.7 Å². The molecule has 1 spiro atoms. The van der Waals surface area contributed by atoms with Crippen molar-refractivity contribution in [3.8, 4) is 0 Å². The van der Waals surface area contributed by atoms with Gasteiger partial charge >= 0.3 is 5.97 Å². The Morgan fingerprint density at radius 2 is 1.45 bits per heavy atom. The van der Waals surface area contributed by atoms with Gasteiger partial charge in [0.1, 0.15) is 6.10 Å². The summed E-state index contributed by atoms with van der Waals surface area (Å²) in [5, 5.41) is 0. The highest BCUT2D eigenvalue weighted by Gasteiger charge is 2.56. The fraction of sp³-hybridized carbons (Fsp3) is 0.594. The maximum absolute atomic E-state index is 14.4. The molecule has 5 nitrogen and oxygen atoms in total. The molecule has 4 aliphatic rings. The van der Waals surface area contributed by atoms with E-state index in [1.54, 1.807) is 11.8 Å². The molecule has 38 heavy (non-hydrogen) atoms. The predicted octanol–water partition coefficient (Wildman–Crippen LogP) is 5.91. The normalized spacial score (nSPS) is 27.0. The fourth-order valence-corrected chi connectivity index (χ4v) is 8.80. The Labute approximate surface area is 231 Å². The average molecular weight is 537 g/mol. The molecule has 6 heteroatoms. The van der Waals surface area contributed by atoms with E-state index < -0.39 is 5.60 Å². The minimum atomic E-state index is -1.28. The first-order chi connectivity index (χ1) is 18.7. The van der Waals surface area contributed by atoms with E-state index in [1.165, 1.54) is 43.3 Å². The van der Waals surface area contributed by atoms with Crippen molar-refractivity contribution in [2.24, 2.45) is 5.92 Å². The van der Waals surface area contributed by atoms with Crippen molar-refractivity contribution in [3.63, 3.8) is 0 Å². The van der Waals surface area contributed by atoms with Gasteiger partial charge in [-0.3, -0.25) is 0 Å². The molecule has 0 N–H and O–H groups in total. The monoisotopic (exact) mass is 536 g/mol. The lowest BCUT2D eigenvalue weighted by Gasteiger charge is -2.47. The highest BCUT2D eigenvalue weighted by atomic mass is 32.2. The Bertz CT molecular complexity index is 996. The predicted molar refractivity (Wildman–Crippen MR) is 151 cm³/mol. The van der Waals surface area contributed by atoms with Crippen molar-refractivity contribution in [1.29, 1.82) is 0 Å². The van der Waals surface area contributed by atoms with Crippen molar-refractivity contribution in [2.75, 3.05) is 38.0 Å². The van der Waals surface area contributed by atoms with Crippen LogP contribution in [0.25, 0.3) is 0 Å². The van der Waals surface area contributed by atoms with Crippen molar-refractivity contribution in [3.05, 3.63) is 71.8 Å². The topological polar surface area (TPSA) is 44.8 Å². The summed E-state index contributed by atoms with van der Waals surface area (Å²) >= 11 is 1.77. The van der Waals surface area contributed by atoms with Crippen LogP contribution in [-0.2, 0) is 24.6 Å². The van der Waals surface area contributed by atoms with Gasteiger partial charge in [-0.2, -0.15) is 0 Å². The van der Waals surface area contributed by atoms with Gasteiger partial charge in [0, 0.05) is 51.7 Å². The molecule has 6 rings (SSSR count). The standard InChI is InChI=1S/C32H42NO4S/c34-31(37-30-21-28-13-14-29(22-30)33(28)17-7-8-18-33)32(26-9-3-1-4-10-26,27-11-5-2-6-12-27)36-24-38-23-25-15-19-35-20-16-25/h1-6,9-12,25,28-30H,7-8,13-24H2/q+1. The lowest BCUT2D eigenvalue weighted by atomic mass is 9.85. The molecule has 0 saturated carbocycles. The number of carbonyl (C=O) groups excluding carboxylic acids is 1. The van der Waals surface area contributed by atoms with Crippen LogP contribution < -0.4 is 0 Å². The number of thioether (sulfide) groups is 1. The zero-order valence-corrected chi connectivity index (χ0v) is 23.3. The summed E-state index contributed by atoms with van der Waals surface area (Å²) < 4.78 is 20.0. The van der Waals surface area contributed by atoms with Crippen molar-refractivity contribution in [2.45, 2.75) is 75.2 Å². The van der Waals surface area contributed by atoms with E-state index in [0.717, 1.165) is 55.8 Å². The zero-order chi connectivity index (χ0) is 25.8. The van der Waals surface area contributed by atoms with E-state index in [-0.39, 0.29) is 12.1 Å². The first-order valence-corrected chi connectivity index (χ1v) is 15.8. The molecule has 2 bridgehead atoms.